The van der Waals surface area contributed by atoms with Crippen molar-refractivity contribution >= 4 is 17.8 Å². The highest BCUT2D eigenvalue weighted by Crippen LogP contribution is 2.65. The SMILES string of the molecule is CCC(C)(C)c1ccc(OC(=O)CCN2C(=O)[C@@H]3[C@H]4C=C[C@@H]([C@@H]5C[C@@H]45)[C@H]3C2=O)cc1. The van der Waals surface area contributed by atoms with Crippen molar-refractivity contribution < 1.29 is 19.1 Å². The number of nitrogens with zero attached hydrogens (tertiary/aromatic N) is 1. The van der Waals surface area contributed by atoms with Crippen LogP contribution in [0.5, 0.6) is 5.75 Å². The fraction of sp³-hybridized carbons (Fsp3) is 0.560. The number of esters is 1. The molecule has 2 bridgehead atoms. The molecule has 1 aromatic rings. The Morgan fingerprint density at radius 3 is 2.13 bits per heavy atom. The number of likely N-dealkylation sites (tertiary alicyclic amines) is 1. The maximum Gasteiger partial charge on any atom is 0.312 e. The van der Waals surface area contributed by atoms with Crippen LogP contribution in [0, 0.1) is 35.5 Å². The highest BCUT2D eigenvalue weighted by atomic mass is 16.5. The smallest absolute Gasteiger partial charge is 0.312 e. The van der Waals surface area contributed by atoms with Crippen LogP contribution in [0.3, 0.4) is 0 Å². The predicted octanol–water partition coefficient (Wildman–Crippen LogP) is 3.72. The molecule has 0 spiro atoms. The van der Waals surface area contributed by atoms with Crippen LogP contribution in [0.25, 0.3) is 0 Å². The third-order valence-corrected chi connectivity index (χ3v) is 8.04. The summed E-state index contributed by atoms with van der Waals surface area (Å²) in [7, 11) is 0. The number of amides is 2. The summed E-state index contributed by atoms with van der Waals surface area (Å²) in [6.07, 6.45) is 6.51. The van der Waals surface area contributed by atoms with Gasteiger partial charge in [0, 0.05) is 6.54 Å². The van der Waals surface area contributed by atoms with Gasteiger partial charge >= 0.3 is 5.97 Å². The van der Waals surface area contributed by atoms with Gasteiger partial charge in [0.05, 0.1) is 18.3 Å². The summed E-state index contributed by atoms with van der Waals surface area (Å²) in [6, 6.07) is 7.58. The van der Waals surface area contributed by atoms with Crippen LogP contribution in [0.4, 0.5) is 0 Å². The lowest BCUT2D eigenvalue weighted by Crippen LogP contribution is -2.40. The maximum atomic E-state index is 13.0. The zero-order valence-electron chi connectivity index (χ0n) is 17.8. The fourth-order valence-corrected chi connectivity index (χ4v) is 5.80. The van der Waals surface area contributed by atoms with Crippen LogP contribution in [-0.2, 0) is 19.8 Å². The van der Waals surface area contributed by atoms with Crippen LogP contribution in [-0.4, -0.2) is 29.2 Å². The molecule has 2 amide bonds. The molecule has 1 heterocycles. The van der Waals surface area contributed by atoms with Crippen molar-refractivity contribution in [2.24, 2.45) is 35.5 Å². The Hall–Kier alpha value is -2.43. The molecule has 3 fully saturated rings. The second kappa shape index (κ2) is 6.79. The van der Waals surface area contributed by atoms with Crippen molar-refractivity contribution in [1.29, 1.82) is 0 Å². The Balaban J connectivity index is 1.19. The van der Waals surface area contributed by atoms with Gasteiger partial charge in [0.25, 0.3) is 0 Å². The van der Waals surface area contributed by atoms with Gasteiger partial charge in [-0.05, 0) is 59.6 Å². The van der Waals surface area contributed by atoms with Gasteiger partial charge in [0.2, 0.25) is 11.8 Å². The Bertz CT molecular complexity index is 895. The largest absolute Gasteiger partial charge is 0.426 e. The number of benzene rings is 1. The van der Waals surface area contributed by atoms with Crippen molar-refractivity contribution in [3.05, 3.63) is 42.0 Å². The summed E-state index contributed by atoms with van der Waals surface area (Å²) in [5.74, 6) is 1.08. The van der Waals surface area contributed by atoms with Gasteiger partial charge in [0.1, 0.15) is 5.75 Å². The number of ether oxygens (including phenoxy) is 1. The lowest BCUT2D eigenvalue weighted by molar-refractivity contribution is -0.141. The first-order valence-electron chi connectivity index (χ1n) is 11.2. The quantitative estimate of drug-likeness (QED) is 0.312. The van der Waals surface area contributed by atoms with Gasteiger partial charge < -0.3 is 4.74 Å². The van der Waals surface area contributed by atoms with Crippen molar-refractivity contribution in [3.8, 4) is 5.75 Å². The normalized spacial score (nSPS) is 33.5. The Kier molecular flexibility index (Phi) is 4.42. The number of carbonyl (C=O) groups is 3. The molecule has 0 N–H and O–H groups in total. The zero-order chi connectivity index (χ0) is 21.2. The van der Waals surface area contributed by atoms with Crippen LogP contribution in [0.2, 0.25) is 0 Å². The molecule has 0 aromatic heterocycles. The van der Waals surface area contributed by atoms with Gasteiger partial charge in [-0.1, -0.05) is 45.1 Å². The second-order valence-electron chi connectivity index (χ2n) is 9.97. The molecule has 1 saturated heterocycles. The minimum atomic E-state index is -0.420. The van der Waals surface area contributed by atoms with Crippen molar-refractivity contribution in [2.75, 3.05) is 6.54 Å². The molecule has 0 unspecified atom stereocenters. The Labute approximate surface area is 177 Å². The first-order valence-corrected chi connectivity index (χ1v) is 11.2. The molecule has 5 heteroatoms. The monoisotopic (exact) mass is 407 g/mol. The van der Waals surface area contributed by atoms with Gasteiger partial charge in [-0.3, -0.25) is 19.3 Å². The third kappa shape index (κ3) is 2.93. The predicted molar refractivity (Wildman–Crippen MR) is 111 cm³/mol. The van der Waals surface area contributed by atoms with Crippen molar-refractivity contribution in [3.63, 3.8) is 0 Å². The van der Waals surface area contributed by atoms with Crippen molar-refractivity contribution in [1.82, 2.24) is 4.90 Å². The highest BCUT2D eigenvalue weighted by Gasteiger charge is 2.66. The van der Waals surface area contributed by atoms with E-state index in [0.717, 1.165) is 12.8 Å². The molecule has 30 heavy (non-hydrogen) atoms. The molecular formula is C25H29NO4. The summed E-state index contributed by atoms with van der Waals surface area (Å²) in [5, 5.41) is 0. The molecule has 1 aromatic carbocycles. The number of carbonyl (C=O) groups excluding carboxylic acids is 3. The zero-order valence-corrected chi connectivity index (χ0v) is 17.8. The first kappa shape index (κ1) is 19.5. The van der Waals surface area contributed by atoms with E-state index >= 15 is 0 Å². The molecule has 5 nitrogen and oxygen atoms in total. The molecule has 158 valence electrons. The summed E-state index contributed by atoms with van der Waals surface area (Å²) >= 11 is 0. The average Bonchev–Trinajstić information content (AvgIpc) is 3.52. The Morgan fingerprint density at radius 2 is 1.60 bits per heavy atom. The summed E-state index contributed by atoms with van der Waals surface area (Å²) < 4.78 is 5.44. The minimum absolute atomic E-state index is 0.0226. The van der Waals surface area contributed by atoms with E-state index in [1.165, 1.54) is 10.5 Å². The third-order valence-electron chi connectivity index (χ3n) is 8.04. The van der Waals surface area contributed by atoms with Crippen molar-refractivity contribution in [2.45, 2.75) is 45.4 Å². The van der Waals surface area contributed by atoms with Gasteiger partial charge in [-0.25, -0.2) is 0 Å². The van der Waals surface area contributed by atoms with E-state index in [-0.39, 0.29) is 53.9 Å². The molecule has 0 radical (unpaired) electrons. The van der Waals surface area contributed by atoms with Crippen LogP contribution in [0.15, 0.2) is 36.4 Å². The summed E-state index contributed by atoms with van der Waals surface area (Å²) in [6.45, 7) is 6.62. The van der Waals surface area contributed by atoms with E-state index in [2.05, 4.69) is 32.9 Å². The number of allylic oxidation sites excluding steroid dienone is 2. The van der Waals surface area contributed by atoms with Crippen LogP contribution < -0.4 is 4.74 Å². The van der Waals surface area contributed by atoms with E-state index in [0.29, 0.717) is 17.6 Å². The van der Waals surface area contributed by atoms with E-state index in [1.54, 1.807) is 12.1 Å². The molecule has 4 aliphatic carbocycles. The summed E-state index contributed by atoms with van der Waals surface area (Å²) in [4.78, 5) is 39.6. The summed E-state index contributed by atoms with van der Waals surface area (Å²) in [5.41, 5.74) is 1.27. The van der Waals surface area contributed by atoms with E-state index in [4.69, 9.17) is 4.74 Å². The minimum Gasteiger partial charge on any atom is -0.426 e. The van der Waals surface area contributed by atoms with E-state index in [1.807, 2.05) is 12.1 Å². The molecule has 6 rings (SSSR count). The molecule has 2 saturated carbocycles. The number of hydrogen-bond donors (Lipinski definition) is 0. The average molecular weight is 408 g/mol. The Morgan fingerprint density at radius 1 is 1.03 bits per heavy atom. The second-order valence-corrected chi connectivity index (χ2v) is 9.97. The maximum absolute atomic E-state index is 13.0. The molecular weight excluding hydrogens is 378 g/mol. The van der Waals surface area contributed by atoms with Gasteiger partial charge in [-0.15, -0.1) is 0 Å². The number of imide groups is 1. The fourth-order valence-electron chi connectivity index (χ4n) is 5.80. The number of rotatable bonds is 6. The van der Waals surface area contributed by atoms with Crippen LogP contribution >= 0.6 is 0 Å². The van der Waals surface area contributed by atoms with Crippen LogP contribution in [0.1, 0.15) is 45.6 Å². The van der Waals surface area contributed by atoms with E-state index < -0.39 is 5.97 Å². The topological polar surface area (TPSA) is 63.7 Å². The molecule has 6 atom stereocenters. The van der Waals surface area contributed by atoms with Gasteiger partial charge in [0.15, 0.2) is 0 Å². The molecule has 5 aliphatic rings. The standard InChI is InChI=1S/C25H29NO4/c1-4-25(2,3)14-5-7-15(8-6-14)30-20(27)11-12-26-23(28)21-16-9-10-17(19-13-18(16)19)22(21)24(26)29/h5-10,16-19,21-22H,4,11-13H2,1-3H3/t16-,17-,18-,19-,21+,22+/m0/s1. The first-order chi connectivity index (χ1) is 14.3. The number of hydrogen-bond acceptors (Lipinski definition) is 4. The van der Waals surface area contributed by atoms with E-state index in [9.17, 15) is 14.4 Å². The van der Waals surface area contributed by atoms with Gasteiger partial charge in [-0.2, -0.15) is 0 Å². The molecule has 1 aliphatic heterocycles. The lowest BCUT2D eigenvalue weighted by atomic mass is 9.63. The lowest BCUT2D eigenvalue weighted by Gasteiger charge is -2.37. The highest BCUT2D eigenvalue weighted by molar-refractivity contribution is 6.06.